The van der Waals surface area contributed by atoms with Gasteiger partial charge in [-0.1, -0.05) is 80.6 Å². The second-order valence-corrected chi connectivity index (χ2v) is 9.44. The molecule has 1 aliphatic carbocycles. The Balaban J connectivity index is 1.47. The number of fused-ring (bicyclic) bond motifs is 7. The van der Waals surface area contributed by atoms with E-state index in [9.17, 15) is 0 Å². The molecule has 0 spiro atoms. The summed E-state index contributed by atoms with van der Waals surface area (Å²) in [7, 11) is 0. The first-order valence-electron chi connectivity index (χ1n) is 11.2. The van der Waals surface area contributed by atoms with Crippen LogP contribution < -0.4 is 0 Å². The molecule has 1 aliphatic rings. The third-order valence-electron chi connectivity index (χ3n) is 7.26. The quantitative estimate of drug-likeness (QED) is 0.264. The summed E-state index contributed by atoms with van der Waals surface area (Å²) in [5.74, 6) is 0. The van der Waals surface area contributed by atoms with Gasteiger partial charge in [-0.2, -0.15) is 0 Å². The van der Waals surface area contributed by atoms with Gasteiger partial charge in [-0.15, -0.1) is 0 Å². The van der Waals surface area contributed by atoms with E-state index < -0.39 is 0 Å². The van der Waals surface area contributed by atoms with E-state index in [0.717, 1.165) is 11.2 Å². The van der Waals surface area contributed by atoms with Gasteiger partial charge in [-0.25, -0.2) is 0 Å². The van der Waals surface area contributed by atoms with Crippen LogP contribution in [0.4, 0.5) is 0 Å². The summed E-state index contributed by atoms with van der Waals surface area (Å²) in [6.07, 6.45) is 0. The number of furan rings is 1. The lowest BCUT2D eigenvalue weighted by atomic mass is 9.82. The van der Waals surface area contributed by atoms with E-state index in [1.807, 2.05) is 0 Å². The standard InChI is InChI=1S/C31H22O/c1-31(2)27-10-6-5-9-23(27)24-17-26-25-16-22(13-14-29(25)32-30(26)18-28(24)31)21-12-11-19-7-3-4-8-20(19)15-21/h3-18H,1-2H3. The van der Waals surface area contributed by atoms with Crippen LogP contribution in [0, 0.1) is 0 Å². The Bertz CT molecular complexity index is 1700. The molecule has 7 rings (SSSR count). The van der Waals surface area contributed by atoms with Crippen LogP contribution in [-0.2, 0) is 5.41 Å². The molecule has 1 nitrogen and oxygen atoms in total. The molecule has 0 saturated heterocycles. The average Bonchev–Trinajstić information content (AvgIpc) is 3.29. The van der Waals surface area contributed by atoms with E-state index in [0.29, 0.717) is 0 Å². The molecule has 0 bridgehead atoms. The van der Waals surface area contributed by atoms with Crippen molar-refractivity contribution in [3.63, 3.8) is 0 Å². The predicted octanol–water partition coefficient (Wildman–Crippen LogP) is 8.71. The Labute approximate surface area is 186 Å². The molecule has 0 fully saturated rings. The van der Waals surface area contributed by atoms with Crippen LogP contribution in [-0.4, -0.2) is 0 Å². The second-order valence-electron chi connectivity index (χ2n) is 9.44. The Morgan fingerprint density at radius 2 is 1.25 bits per heavy atom. The molecule has 5 aromatic carbocycles. The molecule has 1 heteroatoms. The highest BCUT2D eigenvalue weighted by Crippen LogP contribution is 2.50. The topological polar surface area (TPSA) is 13.1 Å². The molecular weight excluding hydrogens is 388 g/mol. The smallest absolute Gasteiger partial charge is 0.135 e. The summed E-state index contributed by atoms with van der Waals surface area (Å²) in [6, 6.07) is 35.2. The zero-order valence-electron chi connectivity index (χ0n) is 18.1. The fourth-order valence-electron chi connectivity index (χ4n) is 5.52. The van der Waals surface area contributed by atoms with E-state index in [-0.39, 0.29) is 5.41 Å². The lowest BCUT2D eigenvalue weighted by Gasteiger charge is -2.21. The SMILES string of the molecule is CC1(C)c2ccccc2-c2cc3c(cc21)oc1ccc(-c2ccc4ccccc4c2)cc13. The van der Waals surface area contributed by atoms with Crippen molar-refractivity contribution in [2.24, 2.45) is 0 Å². The van der Waals surface area contributed by atoms with Gasteiger partial charge in [0.15, 0.2) is 0 Å². The Morgan fingerprint density at radius 1 is 0.531 bits per heavy atom. The zero-order valence-corrected chi connectivity index (χ0v) is 18.1. The highest BCUT2D eigenvalue weighted by atomic mass is 16.3. The van der Waals surface area contributed by atoms with Gasteiger partial charge in [0.25, 0.3) is 0 Å². The maximum atomic E-state index is 6.33. The van der Waals surface area contributed by atoms with Gasteiger partial charge in [0.05, 0.1) is 0 Å². The molecule has 0 N–H and O–H groups in total. The zero-order chi connectivity index (χ0) is 21.4. The lowest BCUT2D eigenvalue weighted by Crippen LogP contribution is -2.14. The molecule has 0 amide bonds. The molecule has 0 atom stereocenters. The monoisotopic (exact) mass is 410 g/mol. The minimum Gasteiger partial charge on any atom is -0.456 e. The lowest BCUT2D eigenvalue weighted by molar-refractivity contribution is 0.647. The summed E-state index contributed by atoms with van der Waals surface area (Å²) in [4.78, 5) is 0. The van der Waals surface area contributed by atoms with E-state index in [1.165, 1.54) is 54.9 Å². The Kier molecular flexibility index (Phi) is 3.40. The van der Waals surface area contributed by atoms with E-state index >= 15 is 0 Å². The molecule has 1 aromatic heterocycles. The molecule has 0 unspecified atom stereocenters. The summed E-state index contributed by atoms with van der Waals surface area (Å²) >= 11 is 0. The van der Waals surface area contributed by atoms with Crippen molar-refractivity contribution in [1.82, 2.24) is 0 Å². The van der Waals surface area contributed by atoms with Crippen LogP contribution in [0.5, 0.6) is 0 Å². The minimum absolute atomic E-state index is 0.0185. The summed E-state index contributed by atoms with van der Waals surface area (Å²) in [5, 5.41) is 4.89. The third kappa shape index (κ3) is 2.34. The number of hydrogen-bond acceptors (Lipinski definition) is 1. The summed E-state index contributed by atoms with van der Waals surface area (Å²) < 4.78 is 6.33. The van der Waals surface area contributed by atoms with Crippen LogP contribution in [0.15, 0.2) is 101 Å². The molecule has 0 radical (unpaired) electrons. The number of rotatable bonds is 1. The van der Waals surface area contributed by atoms with Crippen molar-refractivity contribution in [1.29, 1.82) is 0 Å². The van der Waals surface area contributed by atoms with Gasteiger partial charge in [0.1, 0.15) is 11.2 Å². The van der Waals surface area contributed by atoms with Crippen molar-refractivity contribution >= 4 is 32.7 Å². The van der Waals surface area contributed by atoms with Crippen LogP contribution in [0.1, 0.15) is 25.0 Å². The normalized spacial score (nSPS) is 14.2. The third-order valence-corrected chi connectivity index (χ3v) is 7.26. The van der Waals surface area contributed by atoms with Crippen molar-refractivity contribution in [2.45, 2.75) is 19.3 Å². The summed E-state index contributed by atoms with van der Waals surface area (Å²) in [5.41, 5.74) is 9.75. The largest absolute Gasteiger partial charge is 0.456 e. The van der Waals surface area contributed by atoms with Gasteiger partial charge in [0.2, 0.25) is 0 Å². The van der Waals surface area contributed by atoms with Crippen LogP contribution in [0.25, 0.3) is 55.0 Å². The van der Waals surface area contributed by atoms with Gasteiger partial charge in [0, 0.05) is 16.2 Å². The van der Waals surface area contributed by atoms with E-state index in [2.05, 4.69) is 111 Å². The van der Waals surface area contributed by atoms with Crippen LogP contribution in [0.2, 0.25) is 0 Å². The summed E-state index contributed by atoms with van der Waals surface area (Å²) in [6.45, 7) is 4.62. The number of hydrogen-bond donors (Lipinski definition) is 0. The highest BCUT2D eigenvalue weighted by Gasteiger charge is 2.35. The van der Waals surface area contributed by atoms with Crippen LogP contribution >= 0.6 is 0 Å². The van der Waals surface area contributed by atoms with E-state index in [1.54, 1.807) is 0 Å². The van der Waals surface area contributed by atoms with Crippen molar-refractivity contribution < 1.29 is 4.42 Å². The highest BCUT2D eigenvalue weighted by molar-refractivity contribution is 6.09. The predicted molar refractivity (Wildman–Crippen MR) is 134 cm³/mol. The first-order chi connectivity index (χ1) is 15.6. The first-order valence-corrected chi connectivity index (χ1v) is 11.2. The Morgan fingerprint density at radius 3 is 2.16 bits per heavy atom. The van der Waals surface area contributed by atoms with Gasteiger partial charge in [-0.05, 0) is 74.5 Å². The number of benzene rings is 5. The van der Waals surface area contributed by atoms with Crippen molar-refractivity contribution in [3.8, 4) is 22.3 Å². The molecule has 0 aliphatic heterocycles. The molecular formula is C31H22O. The maximum absolute atomic E-state index is 6.33. The fourth-order valence-corrected chi connectivity index (χ4v) is 5.52. The fraction of sp³-hybridized carbons (Fsp3) is 0.0968. The first kappa shape index (κ1) is 17.8. The molecule has 32 heavy (non-hydrogen) atoms. The molecule has 0 saturated carbocycles. The van der Waals surface area contributed by atoms with Crippen molar-refractivity contribution in [3.05, 3.63) is 108 Å². The molecule has 152 valence electrons. The minimum atomic E-state index is -0.0185. The van der Waals surface area contributed by atoms with Crippen LogP contribution in [0.3, 0.4) is 0 Å². The van der Waals surface area contributed by atoms with Crippen molar-refractivity contribution in [2.75, 3.05) is 0 Å². The second kappa shape index (κ2) is 6.11. The van der Waals surface area contributed by atoms with Gasteiger partial charge >= 0.3 is 0 Å². The Hall–Kier alpha value is -3.84. The van der Waals surface area contributed by atoms with Gasteiger partial charge < -0.3 is 4.42 Å². The average molecular weight is 411 g/mol. The maximum Gasteiger partial charge on any atom is 0.135 e. The molecule has 6 aromatic rings. The van der Waals surface area contributed by atoms with Gasteiger partial charge in [-0.3, -0.25) is 0 Å². The molecule has 1 heterocycles. The van der Waals surface area contributed by atoms with E-state index in [4.69, 9.17) is 4.42 Å².